The Hall–Kier alpha value is -1.34. The lowest BCUT2D eigenvalue weighted by Crippen LogP contribution is -1.94. The zero-order valence-electron chi connectivity index (χ0n) is 10.4. The van der Waals surface area contributed by atoms with Crippen LogP contribution in [0.5, 0.6) is 0 Å². The first-order valence-corrected chi connectivity index (χ1v) is 5.62. The first-order chi connectivity index (χ1) is 7.65. The summed E-state index contributed by atoms with van der Waals surface area (Å²) in [6, 6.07) is 8.74. The molecule has 0 aliphatic rings. The topological polar surface area (TPSA) is 9.23 Å². The summed E-state index contributed by atoms with van der Waals surface area (Å²) >= 11 is 0. The number of methoxy groups -OCH3 is 1. The second-order valence-corrected chi connectivity index (χ2v) is 4.42. The van der Waals surface area contributed by atoms with Gasteiger partial charge in [-0.1, -0.05) is 24.3 Å². The minimum Gasteiger partial charge on any atom is -0.380 e. The van der Waals surface area contributed by atoms with Crippen molar-refractivity contribution in [1.29, 1.82) is 0 Å². The van der Waals surface area contributed by atoms with E-state index in [4.69, 9.17) is 4.74 Å². The molecule has 84 valence electrons. The van der Waals surface area contributed by atoms with Gasteiger partial charge >= 0.3 is 0 Å². The fraction of sp³-hybridized carbons (Fsp3) is 0.333. The zero-order valence-corrected chi connectivity index (χ0v) is 10.4. The maximum Gasteiger partial charge on any atom is 0.0719 e. The minimum atomic E-state index is 0.682. The van der Waals surface area contributed by atoms with Crippen molar-refractivity contribution in [2.45, 2.75) is 27.4 Å². The molecule has 1 nitrogen and oxygen atoms in total. The van der Waals surface area contributed by atoms with Crippen LogP contribution in [-0.4, -0.2) is 7.11 Å². The Morgan fingerprint density at radius 2 is 1.31 bits per heavy atom. The van der Waals surface area contributed by atoms with E-state index in [1.807, 2.05) is 0 Å². The summed E-state index contributed by atoms with van der Waals surface area (Å²) in [5, 5.41) is 2.75. The van der Waals surface area contributed by atoms with Crippen molar-refractivity contribution in [3.63, 3.8) is 0 Å². The molecular weight excluding hydrogens is 196 g/mol. The van der Waals surface area contributed by atoms with E-state index in [0.717, 1.165) is 0 Å². The summed E-state index contributed by atoms with van der Waals surface area (Å²) in [4.78, 5) is 0. The number of hydrogen-bond donors (Lipinski definition) is 0. The monoisotopic (exact) mass is 214 g/mol. The van der Waals surface area contributed by atoms with Crippen LogP contribution in [0.2, 0.25) is 0 Å². The van der Waals surface area contributed by atoms with Crippen molar-refractivity contribution in [3.05, 3.63) is 46.5 Å². The van der Waals surface area contributed by atoms with E-state index in [2.05, 4.69) is 45.0 Å². The Kier molecular flexibility index (Phi) is 2.97. The number of fused-ring (bicyclic) bond motifs is 1. The van der Waals surface area contributed by atoms with Gasteiger partial charge in [-0.05, 0) is 53.8 Å². The van der Waals surface area contributed by atoms with Gasteiger partial charge in [-0.3, -0.25) is 0 Å². The van der Waals surface area contributed by atoms with Crippen molar-refractivity contribution >= 4 is 10.8 Å². The largest absolute Gasteiger partial charge is 0.380 e. The molecule has 0 saturated heterocycles. The van der Waals surface area contributed by atoms with Crippen molar-refractivity contribution in [3.8, 4) is 0 Å². The molecule has 2 rings (SSSR count). The fourth-order valence-corrected chi connectivity index (χ4v) is 2.40. The molecule has 0 unspecified atom stereocenters. The second-order valence-electron chi connectivity index (χ2n) is 4.42. The van der Waals surface area contributed by atoms with Gasteiger partial charge in [0.2, 0.25) is 0 Å². The van der Waals surface area contributed by atoms with Crippen molar-refractivity contribution in [2.24, 2.45) is 0 Å². The summed E-state index contributed by atoms with van der Waals surface area (Å²) in [5.41, 5.74) is 5.30. The van der Waals surface area contributed by atoms with Crippen molar-refractivity contribution in [2.75, 3.05) is 7.11 Å². The molecule has 0 fully saturated rings. The predicted molar refractivity (Wildman–Crippen MR) is 68.9 cm³/mol. The minimum absolute atomic E-state index is 0.682. The maximum absolute atomic E-state index is 5.27. The smallest absolute Gasteiger partial charge is 0.0719 e. The highest BCUT2D eigenvalue weighted by Gasteiger charge is 2.08. The van der Waals surface area contributed by atoms with Gasteiger partial charge in [0.25, 0.3) is 0 Å². The van der Waals surface area contributed by atoms with E-state index in [-0.39, 0.29) is 0 Å². The van der Waals surface area contributed by atoms with Gasteiger partial charge in [0, 0.05) is 7.11 Å². The molecule has 0 aliphatic heterocycles. The lowest BCUT2D eigenvalue weighted by molar-refractivity contribution is 0.186. The number of benzene rings is 2. The van der Waals surface area contributed by atoms with Crippen molar-refractivity contribution < 1.29 is 4.74 Å². The molecule has 1 heteroatoms. The summed E-state index contributed by atoms with van der Waals surface area (Å²) in [6.45, 7) is 7.19. The Morgan fingerprint density at radius 1 is 0.812 bits per heavy atom. The van der Waals surface area contributed by atoms with Crippen LogP contribution in [0.4, 0.5) is 0 Å². The van der Waals surface area contributed by atoms with Gasteiger partial charge in [0.1, 0.15) is 0 Å². The molecule has 0 heterocycles. The van der Waals surface area contributed by atoms with Crippen LogP contribution in [0.25, 0.3) is 10.8 Å². The summed E-state index contributed by atoms with van der Waals surface area (Å²) in [7, 11) is 1.75. The standard InChI is InChI=1S/C15H18O/c1-10-5-6-12(3)15-13(9-16-4)8-7-11(2)14(10)15/h5-8H,9H2,1-4H3. The quantitative estimate of drug-likeness (QED) is 0.736. The average molecular weight is 214 g/mol. The lowest BCUT2D eigenvalue weighted by atomic mass is 9.93. The molecule has 0 bridgehead atoms. The van der Waals surface area contributed by atoms with Crippen LogP contribution >= 0.6 is 0 Å². The Morgan fingerprint density at radius 3 is 1.88 bits per heavy atom. The Labute approximate surface area is 97.1 Å². The fourth-order valence-electron chi connectivity index (χ4n) is 2.40. The van der Waals surface area contributed by atoms with Crippen LogP contribution in [0.3, 0.4) is 0 Å². The number of rotatable bonds is 2. The third-order valence-electron chi connectivity index (χ3n) is 3.17. The third kappa shape index (κ3) is 1.72. The molecule has 0 spiro atoms. The summed E-state index contributed by atoms with van der Waals surface area (Å²) < 4.78 is 5.27. The molecule has 0 N–H and O–H groups in total. The van der Waals surface area contributed by atoms with E-state index in [1.165, 1.54) is 33.0 Å². The molecule has 16 heavy (non-hydrogen) atoms. The molecule has 0 radical (unpaired) electrons. The van der Waals surface area contributed by atoms with Gasteiger partial charge < -0.3 is 4.74 Å². The predicted octanol–water partition coefficient (Wildman–Crippen LogP) is 3.91. The van der Waals surface area contributed by atoms with Crippen molar-refractivity contribution in [1.82, 2.24) is 0 Å². The maximum atomic E-state index is 5.27. The van der Waals surface area contributed by atoms with Gasteiger partial charge in [-0.15, -0.1) is 0 Å². The third-order valence-corrected chi connectivity index (χ3v) is 3.17. The molecule has 0 aliphatic carbocycles. The van der Waals surface area contributed by atoms with E-state index in [0.29, 0.717) is 6.61 Å². The molecule has 0 aromatic heterocycles. The molecular formula is C15H18O. The average Bonchev–Trinajstić information content (AvgIpc) is 2.26. The number of aryl methyl sites for hydroxylation is 3. The Bertz CT molecular complexity index is 518. The molecule has 2 aromatic carbocycles. The van der Waals surface area contributed by atoms with Crippen LogP contribution in [0.1, 0.15) is 22.3 Å². The summed E-state index contributed by atoms with van der Waals surface area (Å²) in [5.74, 6) is 0. The molecule has 0 atom stereocenters. The highest BCUT2D eigenvalue weighted by Crippen LogP contribution is 2.29. The van der Waals surface area contributed by atoms with Crippen LogP contribution < -0.4 is 0 Å². The first kappa shape index (κ1) is 11.2. The highest BCUT2D eigenvalue weighted by atomic mass is 16.5. The second kappa shape index (κ2) is 4.26. The van der Waals surface area contributed by atoms with E-state index >= 15 is 0 Å². The number of ether oxygens (including phenoxy) is 1. The van der Waals surface area contributed by atoms with E-state index < -0.39 is 0 Å². The molecule has 0 amide bonds. The van der Waals surface area contributed by atoms with E-state index in [1.54, 1.807) is 7.11 Å². The first-order valence-electron chi connectivity index (χ1n) is 5.62. The van der Waals surface area contributed by atoms with Gasteiger partial charge in [0.05, 0.1) is 6.61 Å². The van der Waals surface area contributed by atoms with Crippen LogP contribution in [0.15, 0.2) is 24.3 Å². The van der Waals surface area contributed by atoms with Gasteiger partial charge in [-0.25, -0.2) is 0 Å². The van der Waals surface area contributed by atoms with Gasteiger partial charge in [-0.2, -0.15) is 0 Å². The van der Waals surface area contributed by atoms with Crippen LogP contribution in [0, 0.1) is 20.8 Å². The van der Waals surface area contributed by atoms with E-state index in [9.17, 15) is 0 Å². The molecule has 0 saturated carbocycles. The molecule has 2 aromatic rings. The zero-order chi connectivity index (χ0) is 11.7. The van der Waals surface area contributed by atoms with Crippen LogP contribution in [-0.2, 0) is 11.3 Å². The SMILES string of the molecule is COCc1ccc(C)c2c(C)ccc(C)c12. The van der Waals surface area contributed by atoms with Gasteiger partial charge in [0.15, 0.2) is 0 Å². The normalized spacial score (nSPS) is 11.0. The lowest BCUT2D eigenvalue weighted by Gasteiger charge is -2.13. The Balaban J connectivity index is 2.86. The number of hydrogen-bond acceptors (Lipinski definition) is 1. The summed E-state index contributed by atoms with van der Waals surface area (Å²) in [6.07, 6.45) is 0. The highest BCUT2D eigenvalue weighted by molar-refractivity contribution is 5.93.